The van der Waals surface area contributed by atoms with Gasteiger partial charge in [0, 0.05) is 11.3 Å². The molecule has 1 atom stereocenters. The summed E-state index contributed by atoms with van der Waals surface area (Å²) in [7, 11) is 2.99. The van der Waals surface area contributed by atoms with Crippen LogP contribution >= 0.6 is 0 Å². The van der Waals surface area contributed by atoms with E-state index in [4.69, 9.17) is 18.9 Å². The maximum Gasteiger partial charge on any atom is 0.344 e. The molecule has 160 valence electrons. The molecule has 0 unspecified atom stereocenters. The Labute approximate surface area is 176 Å². The minimum Gasteiger partial charge on any atom is -0.493 e. The molecule has 0 aromatic heterocycles. The molecule has 0 radical (unpaired) electrons. The summed E-state index contributed by atoms with van der Waals surface area (Å²) in [5.41, 5.74) is 2.19. The number of esters is 2. The highest BCUT2D eigenvalue weighted by Gasteiger charge is 2.35. The molecule has 0 fully saturated rings. The van der Waals surface area contributed by atoms with Crippen molar-refractivity contribution in [2.24, 2.45) is 0 Å². The van der Waals surface area contributed by atoms with Crippen LogP contribution in [0.5, 0.6) is 11.5 Å². The van der Waals surface area contributed by atoms with Gasteiger partial charge in [-0.25, -0.2) is 9.59 Å². The minimum absolute atomic E-state index is 0.340. The molecule has 0 saturated heterocycles. The van der Waals surface area contributed by atoms with Crippen LogP contribution in [0.2, 0.25) is 0 Å². The van der Waals surface area contributed by atoms with Gasteiger partial charge >= 0.3 is 11.9 Å². The molecular weight excluding hydrogens is 386 g/mol. The molecule has 0 amide bonds. The minimum atomic E-state index is -0.663. The van der Waals surface area contributed by atoms with Gasteiger partial charge in [-0.3, -0.25) is 0 Å². The molecule has 0 aliphatic carbocycles. The third-order valence-electron chi connectivity index (χ3n) is 4.94. The van der Waals surface area contributed by atoms with E-state index >= 15 is 0 Å². The molecule has 1 aliphatic rings. The highest BCUT2D eigenvalue weighted by atomic mass is 16.6. The quantitative estimate of drug-likeness (QED) is 0.446. The molecule has 1 heterocycles. The molecule has 2 aromatic rings. The van der Waals surface area contributed by atoms with Crippen molar-refractivity contribution in [3.8, 4) is 11.5 Å². The molecule has 0 saturated carbocycles. The number of methoxy groups -OCH3 is 2. The van der Waals surface area contributed by atoms with Crippen molar-refractivity contribution in [2.45, 2.75) is 38.8 Å². The van der Waals surface area contributed by atoms with E-state index in [0.717, 1.165) is 25.7 Å². The molecule has 3 rings (SSSR count). The van der Waals surface area contributed by atoms with E-state index in [1.807, 2.05) is 0 Å². The Bertz CT molecular complexity index is 893. The molecule has 7 heteroatoms. The first kappa shape index (κ1) is 21.5. The summed E-state index contributed by atoms with van der Waals surface area (Å²) in [6.45, 7) is 2.57. The van der Waals surface area contributed by atoms with Gasteiger partial charge in [-0.05, 0) is 42.8 Å². The van der Waals surface area contributed by atoms with Gasteiger partial charge in [0.05, 0.1) is 26.4 Å². The standard InChI is InChI=1S/C23H27NO6/c1-4-5-6-7-14-29-22(25)15-8-10-16(11-9-15)24-21-17-12-13-18(27-2)20(28-3)19(17)23(26)30-21/h8-13,21,24H,4-7,14H2,1-3H3/t21-/m1/s1. The lowest BCUT2D eigenvalue weighted by atomic mass is 10.1. The number of anilines is 1. The normalized spacial score (nSPS) is 14.6. The fourth-order valence-corrected chi connectivity index (χ4v) is 3.34. The van der Waals surface area contributed by atoms with Gasteiger partial charge in [0.15, 0.2) is 11.5 Å². The lowest BCUT2D eigenvalue weighted by Gasteiger charge is -2.15. The molecule has 2 aromatic carbocycles. The number of ether oxygens (including phenoxy) is 4. The Kier molecular flexibility index (Phi) is 7.17. The molecule has 0 spiro atoms. The van der Waals surface area contributed by atoms with Crippen molar-refractivity contribution < 1.29 is 28.5 Å². The zero-order chi connectivity index (χ0) is 21.5. The summed E-state index contributed by atoms with van der Waals surface area (Å²) in [5.74, 6) is -0.0122. The predicted octanol–water partition coefficient (Wildman–Crippen LogP) is 4.72. The van der Waals surface area contributed by atoms with Gasteiger partial charge in [0.1, 0.15) is 5.56 Å². The highest BCUT2D eigenvalue weighted by Crippen LogP contribution is 2.42. The average Bonchev–Trinajstić information content (AvgIpc) is 3.08. The Hall–Kier alpha value is -3.22. The van der Waals surface area contributed by atoms with Crippen LogP contribution < -0.4 is 14.8 Å². The number of hydrogen-bond acceptors (Lipinski definition) is 7. The first-order valence-corrected chi connectivity index (χ1v) is 10.1. The number of benzene rings is 2. The van der Waals surface area contributed by atoms with Crippen molar-refractivity contribution in [1.29, 1.82) is 0 Å². The third kappa shape index (κ3) is 4.67. The van der Waals surface area contributed by atoms with Gasteiger partial charge in [-0.15, -0.1) is 0 Å². The Morgan fingerprint density at radius 2 is 1.80 bits per heavy atom. The number of fused-ring (bicyclic) bond motifs is 1. The fourth-order valence-electron chi connectivity index (χ4n) is 3.34. The second kappa shape index (κ2) is 10.0. The zero-order valence-corrected chi connectivity index (χ0v) is 17.5. The van der Waals surface area contributed by atoms with Gasteiger partial charge in [-0.1, -0.05) is 26.2 Å². The van der Waals surface area contributed by atoms with E-state index in [-0.39, 0.29) is 5.97 Å². The summed E-state index contributed by atoms with van der Waals surface area (Å²) >= 11 is 0. The predicted molar refractivity (Wildman–Crippen MR) is 112 cm³/mol. The van der Waals surface area contributed by atoms with Crippen molar-refractivity contribution >= 4 is 17.6 Å². The summed E-state index contributed by atoms with van der Waals surface area (Å²) < 4.78 is 21.4. The van der Waals surface area contributed by atoms with Gasteiger partial charge in [-0.2, -0.15) is 0 Å². The Morgan fingerprint density at radius 1 is 1.03 bits per heavy atom. The molecule has 0 bridgehead atoms. The number of carbonyl (C=O) groups excluding carboxylic acids is 2. The van der Waals surface area contributed by atoms with Crippen LogP contribution in [0, 0.1) is 0 Å². The third-order valence-corrected chi connectivity index (χ3v) is 4.94. The number of cyclic esters (lactones) is 1. The number of nitrogens with one attached hydrogen (secondary N) is 1. The SMILES string of the molecule is CCCCCCOC(=O)c1ccc(N[C@@H]2OC(=O)c3c2ccc(OC)c3OC)cc1. The van der Waals surface area contributed by atoms with Crippen LogP contribution in [0.4, 0.5) is 5.69 Å². The van der Waals surface area contributed by atoms with Crippen LogP contribution in [0.25, 0.3) is 0 Å². The highest BCUT2D eigenvalue weighted by molar-refractivity contribution is 5.98. The Morgan fingerprint density at radius 3 is 2.47 bits per heavy atom. The van der Waals surface area contributed by atoms with E-state index in [1.165, 1.54) is 14.2 Å². The van der Waals surface area contributed by atoms with Crippen molar-refractivity contribution in [1.82, 2.24) is 0 Å². The summed E-state index contributed by atoms with van der Waals surface area (Å²) in [4.78, 5) is 24.5. The van der Waals surface area contributed by atoms with E-state index in [2.05, 4.69) is 12.2 Å². The van der Waals surface area contributed by atoms with Gasteiger partial charge in [0.25, 0.3) is 0 Å². The molecular formula is C23H27NO6. The second-order valence-corrected chi connectivity index (χ2v) is 6.97. The summed E-state index contributed by atoms with van der Waals surface area (Å²) in [6, 6.07) is 10.4. The number of rotatable bonds is 10. The molecule has 1 N–H and O–H groups in total. The molecule has 30 heavy (non-hydrogen) atoms. The van der Waals surface area contributed by atoms with Gasteiger partial charge < -0.3 is 24.3 Å². The first-order chi connectivity index (χ1) is 14.6. The van der Waals surface area contributed by atoms with E-state index in [0.29, 0.717) is 40.5 Å². The van der Waals surface area contributed by atoms with Crippen LogP contribution in [0.1, 0.15) is 65.1 Å². The first-order valence-electron chi connectivity index (χ1n) is 10.1. The lowest BCUT2D eigenvalue weighted by Crippen LogP contribution is -2.11. The zero-order valence-electron chi connectivity index (χ0n) is 17.5. The van der Waals surface area contributed by atoms with Crippen LogP contribution in [-0.4, -0.2) is 32.8 Å². The number of carbonyl (C=O) groups is 2. The molecule has 1 aliphatic heterocycles. The largest absolute Gasteiger partial charge is 0.493 e. The van der Waals surface area contributed by atoms with E-state index in [9.17, 15) is 9.59 Å². The van der Waals surface area contributed by atoms with Crippen molar-refractivity contribution in [3.05, 3.63) is 53.1 Å². The topological polar surface area (TPSA) is 83.1 Å². The molecule has 7 nitrogen and oxygen atoms in total. The van der Waals surface area contributed by atoms with Crippen molar-refractivity contribution in [3.63, 3.8) is 0 Å². The second-order valence-electron chi connectivity index (χ2n) is 6.97. The summed E-state index contributed by atoms with van der Waals surface area (Å²) in [6.07, 6.45) is 3.56. The average molecular weight is 413 g/mol. The van der Waals surface area contributed by atoms with Crippen LogP contribution in [-0.2, 0) is 9.47 Å². The number of unbranched alkanes of at least 4 members (excludes halogenated alkanes) is 3. The Balaban J connectivity index is 1.65. The number of hydrogen-bond donors (Lipinski definition) is 1. The lowest BCUT2D eigenvalue weighted by molar-refractivity contribution is 0.0434. The maximum absolute atomic E-state index is 12.4. The summed E-state index contributed by atoms with van der Waals surface area (Å²) in [5, 5.41) is 3.16. The van der Waals surface area contributed by atoms with Crippen LogP contribution in [0.3, 0.4) is 0 Å². The van der Waals surface area contributed by atoms with Crippen molar-refractivity contribution in [2.75, 3.05) is 26.1 Å². The maximum atomic E-state index is 12.4. The van der Waals surface area contributed by atoms with Gasteiger partial charge in [0.2, 0.25) is 6.23 Å². The van der Waals surface area contributed by atoms with Crippen LogP contribution in [0.15, 0.2) is 36.4 Å². The van der Waals surface area contributed by atoms with E-state index in [1.54, 1.807) is 36.4 Å². The van der Waals surface area contributed by atoms with E-state index < -0.39 is 12.2 Å². The monoisotopic (exact) mass is 413 g/mol. The smallest absolute Gasteiger partial charge is 0.344 e. The fraction of sp³-hybridized carbons (Fsp3) is 0.391.